The lowest BCUT2D eigenvalue weighted by molar-refractivity contribution is 0.477. The summed E-state index contributed by atoms with van der Waals surface area (Å²) in [4.78, 5) is 4.50. The maximum Gasteiger partial charge on any atom is 0.141 e. The second-order valence-corrected chi connectivity index (χ2v) is 5.48. The van der Waals surface area contributed by atoms with Gasteiger partial charge < -0.3 is 5.11 Å². The van der Waals surface area contributed by atoms with Crippen molar-refractivity contribution in [3.63, 3.8) is 0 Å². The maximum absolute atomic E-state index is 9.90. The highest BCUT2D eigenvalue weighted by molar-refractivity contribution is 6.13. The Balaban J connectivity index is 1.98. The van der Waals surface area contributed by atoms with E-state index in [0.29, 0.717) is 5.69 Å². The molecule has 0 bridgehead atoms. The van der Waals surface area contributed by atoms with Crippen LogP contribution in [0.5, 0.6) is 5.75 Å². The molecule has 1 N–H and O–H groups in total. The van der Waals surface area contributed by atoms with Gasteiger partial charge in [0.25, 0.3) is 0 Å². The topological polar surface area (TPSA) is 32.6 Å². The predicted molar refractivity (Wildman–Crippen MR) is 96.8 cm³/mol. The maximum atomic E-state index is 9.90. The second kappa shape index (κ2) is 5.58. The van der Waals surface area contributed by atoms with Gasteiger partial charge in [-0.15, -0.1) is 0 Å². The van der Waals surface area contributed by atoms with Gasteiger partial charge in [-0.3, -0.25) is 4.99 Å². The summed E-state index contributed by atoms with van der Waals surface area (Å²) >= 11 is 0. The zero-order chi connectivity index (χ0) is 15.6. The van der Waals surface area contributed by atoms with Gasteiger partial charge in [0.1, 0.15) is 11.4 Å². The molecule has 0 unspecified atom stereocenters. The van der Waals surface area contributed by atoms with Crippen LogP contribution in [0.25, 0.3) is 21.5 Å². The van der Waals surface area contributed by atoms with Crippen LogP contribution < -0.4 is 0 Å². The second-order valence-electron chi connectivity index (χ2n) is 5.48. The largest absolute Gasteiger partial charge is 0.506 e. The third-order valence-corrected chi connectivity index (χ3v) is 4.03. The fourth-order valence-electron chi connectivity index (χ4n) is 2.90. The normalized spacial score (nSPS) is 11.5. The molecule has 0 fully saturated rings. The van der Waals surface area contributed by atoms with E-state index in [4.69, 9.17) is 0 Å². The molecule has 0 saturated carbocycles. The van der Waals surface area contributed by atoms with Gasteiger partial charge in [-0.2, -0.15) is 0 Å². The average Bonchev–Trinajstić information content (AvgIpc) is 2.60. The van der Waals surface area contributed by atoms with Crippen LogP contribution >= 0.6 is 0 Å². The fourth-order valence-corrected chi connectivity index (χ4v) is 2.90. The molecule has 23 heavy (non-hydrogen) atoms. The van der Waals surface area contributed by atoms with E-state index >= 15 is 0 Å². The van der Waals surface area contributed by atoms with Crippen molar-refractivity contribution in [2.24, 2.45) is 4.99 Å². The highest BCUT2D eigenvalue weighted by Gasteiger charge is 2.05. The smallest absolute Gasteiger partial charge is 0.141 e. The van der Waals surface area contributed by atoms with Crippen LogP contribution in [-0.4, -0.2) is 11.3 Å². The summed E-state index contributed by atoms with van der Waals surface area (Å²) < 4.78 is 0. The monoisotopic (exact) mass is 297 g/mol. The molecular weight excluding hydrogens is 282 g/mol. The minimum Gasteiger partial charge on any atom is -0.506 e. The Morgan fingerprint density at radius 3 is 1.91 bits per heavy atom. The number of para-hydroxylation sites is 2. The number of fused-ring (bicyclic) bond motifs is 2. The number of hydrogen-bond donors (Lipinski definition) is 1. The molecule has 110 valence electrons. The van der Waals surface area contributed by atoms with E-state index in [2.05, 4.69) is 35.3 Å². The molecule has 2 heteroatoms. The van der Waals surface area contributed by atoms with E-state index in [0.717, 1.165) is 16.3 Å². The molecule has 0 aliphatic rings. The number of nitrogens with zero attached hydrogens (tertiary/aromatic N) is 1. The molecule has 0 aliphatic carbocycles. The first kappa shape index (κ1) is 13.5. The minimum absolute atomic E-state index is 0.188. The molecule has 0 saturated heterocycles. The van der Waals surface area contributed by atoms with Gasteiger partial charge in [-0.25, -0.2) is 0 Å². The Kier molecular flexibility index (Phi) is 3.28. The Morgan fingerprint density at radius 1 is 0.696 bits per heavy atom. The number of hydrogen-bond acceptors (Lipinski definition) is 2. The number of aliphatic imine (C=N–C) groups is 1. The molecule has 2 nitrogen and oxygen atoms in total. The summed E-state index contributed by atoms with van der Waals surface area (Å²) in [5.41, 5.74) is 1.64. The Bertz CT molecular complexity index is 980. The molecule has 0 aliphatic heterocycles. The number of benzene rings is 4. The SMILES string of the molecule is Oc1ccccc1N=Cc1c2ccccc2cc2ccccc12. The zero-order valence-corrected chi connectivity index (χ0v) is 12.5. The standard InChI is InChI=1S/C21H15NO/c23-21-12-6-5-11-20(21)22-14-19-17-9-3-1-7-15(17)13-16-8-2-4-10-18(16)19/h1-14,23H. The van der Waals surface area contributed by atoms with Gasteiger partial charge >= 0.3 is 0 Å². The van der Waals surface area contributed by atoms with E-state index in [1.54, 1.807) is 18.2 Å². The molecule has 4 aromatic rings. The van der Waals surface area contributed by atoms with Crippen LogP contribution in [0.1, 0.15) is 5.56 Å². The molecule has 0 spiro atoms. The quantitative estimate of drug-likeness (QED) is 0.387. The number of aromatic hydroxyl groups is 1. The summed E-state index contributed by atoms with van der Waals surface area (Å²) in [6.45, 7) is 0. The van der Waals surface area contributed by atoms with Crippen LogP contribution in [0.2, 0.25) is 0 Å². The van der Waals surface area contributed by atoms with Crippen molar-refractivity contribution < 1.29 is 5.11 Å². The lowest BCUT2D eigenvalue weighted by Crippen LogP contribution is -1.88. The van der Waals surface area contributed by atoms with Crippen LogP contribution in [0.4, 0.5) is 5.69 Å². The number of phenolic OH excluding ortho intramolecular Hbond substituents is 1. The third-order valence-electron chi connectivity index (χ3n) is 4.03. The van der Waals surface area contributed by atoms with E-state index in [9.17, 15) is 5.11 Å². The average molecular weight is 297 g/mol. The first-order chi connectivity index (χ1) is 11.3. The zero-order valence-electron chi connectivity index (χ0n) is 12.5. The van der Waals surface area contributed by atoms with E-state index < -0.39 is 0 Å². The van der Waals surface area contributed by atoms with Gasteiger partial charge in [0.2, 0.25) is 0 Å². The molecule has 4 aromatic carbocycles. The highest BCUT2D eigenvalue weighted by Crippen LogP contribution is 2.29. The van der Waals surface area contributed by atoms with E-state index in [-0.39, 0.29) is 5.75 Å². The van der Waals surface area contributed by atoms with Crippen molar-refractivity contribution in [2.45, 2.75) is 0 Å². The molecule has 0 atom stereocenters. The summed E-state index contributed by atoms with van der Waals surface area (Å²) in [6.07, 6.45) is 1.85. The van der Waals surface area contributed by atoms with Crippen LogP contribution in [0.3, 0.4) is 0 Å². The van der Waals surface area contributed by atoms with Crippen molar-refractivity contribution in [3.05, 3.63) is 84.4 Å². The van der Waals surface area contributed by atoms with Gasteiger partial charge in [0.05, 0.1) is 0 Å². The van der Waals surface area contributed by atoms with Crippen LogP contribution in [0.15, 0.2) is 83.9 Å². The fraction of sp³-hybridized carbons (Fsp3) is 0. The summed E-state index contributed by atoms with van der Waals surface area (Å²) in [5.74, 6) is 0.188. The Labute approximate surface area is 134 Å². The van der Waals surface area contributed by atoms with Gasteiger partial charge in [-0.05, 0) is 39.7 Å². The van der Waals surface area contributed by atoms with Crippen molar-refractivity contribution in [1.82, 2.24) is 0 Å². The number of rotatable bonds is 2. The molecule has 0 radical (unpaired) electrons. The Hall–Kier alpha value is -3.13. The van der Waals surface area contributed by atoms with Crippen molar-refractivity contribution in [1.29, 1.82) is 0 Å². The third kappa shape index (κ3) is 2.44. The number of phenols is 1. The highest BCUT2D eigenvalue weighted by atomic mass is 16.3. The first-order valence-electron chi connectivity index (χ1n) is 7.55. The summed E-state index contributed by atoms with van der Waals surface area (Å²) in [5, 5.41) is 14.6. The summed E-state index contributed by atoms with van der Waals surface area (Å²) in [7, 11) is 0. The lowest BCUT2D eigenvalue weighted by atomic mass is 9.97. The van der Waals surface area contributed by atoms with Gasteiger partial charge in [0, 0.05) is 11.8 Å². The summed E-state index contributed by atoms with van der Waals surface area (Å²) in [6, 6.07) is 25.9. The van der Waals surface area contributed by atoms with Crippen molar-refractivity contribution >= 4 is 33.4 Å². The minimum atomic E-state index is 0.188. The first-order valence-corrected chi connectivity index (χ1v) is 7.55. The molecule has 4 rings (SSSR count). The lowest BCUT2D eigenvalue weighted by Gasteiger charge is -2.08. The van der Waals surface area contributed by atoms with Gasteiger partial charge in [-0.1, -0.05) is 60.7 Å². The van der Waals surface area contributed by atoms with Gasteiger partial charge in [0.15, 0.2) is 0 Å². The van der Waals surface area contributed by atoms with E-state index in [1.165, 1.54) is 10.8 Å². The van der Waals surface area contributed by atoms with Crippen molar-refractivity contribution in [2.75, 3.05) is 0 Å². The molecular formula is C21H15NO. The van der Waals surface area contributed by atoms with Crippen molar-refractivity contribution in [3.8, 4) is 5.75 Å². The molecule has 0 heterocycles. The molecule has 0 amide bonds. The van der Waals surface area contributed by atoms with E-state index in [1.807, 2.05) is 36.5 Å². The Morgan fingerprint density at radius 2 is 1.26 bits per heavy atom. The predicted octanol–water partition coefficient (Wildman–Crippen LogP) is 5.45. The molecule has 0 aromatic heterocycles. The van der Waals surface area contributed by atoms with Crippen LogP contribution in [0, 0.1) is 0 Å². The van der Waals surface area contributed by atoms with Crippen LogP contribution in [-0.2, 0) is 0 Å².